The summed E-state index contributed by atoms with van der Waals surface area (Å²) in [6.07, 6.45) is 1.59. The summed E-state index contributed by atoms with van der Waals surface area (Å²) in [5.74, 6) is -0.297. The van der Waals surface area contributed by atoms with Gasteiger partial charge in [0.15, 0.2) is 0 Å². The van der Waals surface area contributed by atoms with Crippen LogP contribution in [0.15, 0.2) is 0 Å². The minimum Gasteiger partial charge on any atom is -0.461 e. The summed E-state index contributed by atoms with van der Waals surface area (Å²) in [6, 6.07) is 0. The molecule has 1 fully saturated rings. The SMILES string of the molecule is COCCOCC(=O)OC1CC(C)(C)NC(C)(C)C1. The van der Waals surface area contributed by atoms with Crippen molar-refractivity contribution >= 4 is 5.97 Å². The monoisotopic (exact) mass is 273 g/mol. The fourth-order valence-corrected chi connectivity index (χ4v) is 2.83. The molecule has 0 aromatic carbocycles. The maximum absolute atomic E-state index is 11.7. The van der Waals surface area contributed by atoms with E-state index in [9.17, 15) is 4.79 Å². The number of hydrogen-bond acceptors (Lipinski definition) is 5. The highest BCUT2D eigenvalue weighted by molar-refractivity contribution is 5.70. The smallest absolute Gasteiger partial charge is 0.332 e. The second kappa shape index (κ2) is 6.68. The topological polar surface area (TPSA) is 56.8 Å². The molecule has 0 radical (unpaired) electrons. The minimum atomic E-state index is -0.297. The van der Waals surface area contributed by atoms with E-state index in [1.807, 2.05) is 0 Å². The van der Waals surface area contributed by atoms with Crippen LogP contribution < -0.4 is 5.32 Å². The summed E-state index contributed by atoms with van der Waals surface area (Å²) in [4.78, 5) is 11.7. The number of nitrogens with one attached hydrogen (secondary N) is 1. The summed E-state index contributed by atoms with van der Waals surface area (Å²) in [7, 11) is 1.60. The Bertz CT molecular complexity index is 286. The molecule has 0 spiro atoms. The Balaban J connectivity index is 2.37. The average Bonchev–Trinajstić information content (AvgIpc) is 2.19. The predicted molar refractivity (Wildman–Crippen MR) is 73.1 cm³/mol. The Morgan fingerprint density at radius 2 is 1.74 bits per heavy atom. The van der Waals surface area contributed by atoms with Crippen LogP contribution in [0.3, 0.4) is 0 Å². The number of hydrogen-bond donors (Lipinski definition) is 1. The molecule has 1 heterocycles. The van der Waals surface area contributed by atoms with Crippen molar-refractivity contribution in [2.75, 3.05) is 26.9 Å². The van der Waals surface area contributed by atoms with Gasteiger partial charge in [0.1, 0.15) is 12.7 Å². The number of ether oxygens (including phenoxy) is 3. The van der Waals surface area contributed by atoms with Crippen LogP contribution in [0.2, 0.25) is 0 Å². The fraction of sp³-hybridized carbons (Fsp3) is 0.929. The van der Waals surface area contributed by atoms with Crippen LogP contribution in [0.1, 0.15) is 40.5 Å². The first kappa shape index (κ1) is 16.4. The second-order valence-corrected chi connectivity index (χ2v) is 6.46. The van der Waals surface area contributed by atoms with Gasteiger partial charge < -0.3 is 19.5 Å². The molecule has 1 aliphatic rings. The van der Waals surface area contributed by atoms with E-state index >= 15 is 0 Å². The normalized spacial score (nSPS) is 22.2. The van der Waals surface area contributed by atoms with Gasteiger partial charge in [-0.1, -0.05) is 0 Å². The van der Waals surface area contributed by atoms with Crippen LogP contribution in [0.5, 0.6) is 0 Å². The van der Waals surface area contributed by atoms with E-state index in [0.717, 1.165) is 12.8 Å². The van der Waals surface area contributed by atoms with Crippen molar-refractivity contribution in [1.82, 2.24) is 5.32 Å². The predicted octanol–water partition coefficient (Wildman–Crippen LogP) is 1.50. The minimum absolute atomic E-state index is 0.00581. The zero-order chi connectivity index (χ0) is 14.5. The standard InChI is InChI=1S/C14H27NO4/c1-13(2)8-11(9-14(3,4)15-13)19-12(16)10-18-7-6-17-5/h11,15H,6-10H2,1-5H3. The third-order valence-corrected chi connectivity index (χ3v) is 3.10. The Labute approximate surface area is 116 Å². The first-order valence-corrected chi connectivity index (χ1v) is 6.80. The van der Waals surface area contributed by atoms with Crippen molar-refractivity contribution in [3.8, 4) is 0 Å². The zero-order valence-corrected chi connectivity index (χ0v) is 12.7. The maximum Gasteiger partial charge on any atom is 0.332 e. The molecular formula is C14H27NO4. The number of esters is 1. The van der Waals surface area contributed by atoms with Crippen LogP contribution in [0.25, 0.3) is 0 Å². The summed E-state index contributed by atoms with van der Waals surface area (Å²) in [6.45, 7) is 9.41. The van der Waals surface area contributed by atoms with Crippen LogP contribution in [0, 0.1) is 0 Å². The van der Waals surface area contributed by atoms with Crippen molar-refractivity contribution in [2.24, 2.45) is 0 Å². The van der Waals surface area contributed by atoms with Crippen molar-refractivity contribution in [1.29, 1.82) is 0 Å². The van der Waals surface area contributed by atoms with E-state index in [1.54, 1.807) is 7.11 Å². The van der Waals surface area contributed by atoms with Crippen molar-refractivity contribution < 1.29 is 19.0 Å². The Morgan fingerprint density at radius 3 is 2.26 bits per heavy atom. The number of carbonyl (C=O) groups excluding carboxylic acids is 1. The Hall–Kier alpha value is -0.650. The van der Waals surface area contributed by atoms with Crippen molar-refractivity contribution in [3.05, 3.63) is 0 Å². The van der Waals surface area contributed by atoms with Crippen LogP contribution in [-0.2, 0) is 19.0 Å². The molecule has 1 N–H and O–H groups in total. The van der Waals surface area contributed by atoms with E-state index in [-0.39, 0.29) is 29.8 Å². The first-order chi connectivity index (χ1) is 8.74. The molecule has 0 aromatic rings. The van der Waals surface area contributed by atoms with E-state index in [0.29, 0.717) is 13.2 Å². The second-order valence-electron chi connectivity index (χ2n) is 6.46. The molecule has 0 aromatic heterocycles. The highest BCUT2D eigenvalue weighted by atomic mass is 16.6. The summed E-state index contributed by atoms with van der Waals surface area (Å²) in [5.41, 5.74) is -0.0484. The molecule has 0 unspecified atom stereocenters. The van der Waals surface area contributed by atoms with E-state index in [1.165, 1.54) is 0 Å². The average molecular weight is 273 g/mol. The number of piperidine rings is 1. The lowest BCUT2D eigenvalue weighted by molar-refractivity contribution is -0.158. The summed E-state index contributed by atoms with van der Waals surface area (Å²) in [5, 5.41) is 3.56. The molecule has 0 saturated carbocycles. The third kappa shape index (κ3) is 6.36. The van der Waals surface area contributed by atoms with Crippen molar-refractivity contribution in [3.63, 3.8) is 0 Å². The molecule has 5 nitrogen and oxygen atoms in total. The molecule has 0 atom stereocenters. The van der Waals surface area contributed by atoms with Gasteiger partial charge in [-0.2, -0.15) is 0 Å². The largest absolute Gasteiger partial charge is 0.461 e. The van der Waals surface area contributed by atoms with E-state index in [2.05, 4.69) is 33.0 Å². The zero-order valence-electron chi connectivity index (χ0n) is 12.7. The molecule has 19 heavy (non-hydrogen) atoms. The van der Waals surface area contributed by atoms with Gasteiger partial charge in [-0.15, -0.1) is 0 Å². The van der Waals surface area contributed by atoms with Gasteiger partial charge >= 0.3 is 5.97 Å². The summed E-state index contributed by atoms with van der Waals surface area (Å²) < 4.78 is 15.5. The molecule has 5 heteroatoms. The molecule has 1 rings (SSSR count). The Kier molecular flexibility index (Phi) is 5.77. The fourth-order valence-electron chi connectivity index (χ4n) is 2.83. The molecular weight excluding hydrogens is 246 g/mol. The van der Waals surface area contributed by atoms with Gasteiger partial charge in [-0.3, -0.25) is 0 Å². The van der Waals surface area contributed by atoms with Crippen LogP contribution in [0.4, 0.5) is 0 Å². The number of carbonyl (C=O) groups is 1. The lowest BCUT2D eigenvalue weighted by Gasteiger charge is -2.45. The lowest BCUT2D eigenvalue weighted by Crippen LogP contribution is -2.59. The van der Waals surface area contributed by atoms with Gasteiger partial charge in [0, 0.05) is 31.0 Å². The molecule has 0 bridgehead atoms. The van der Waals surface area contributed by atoms with Gasteiger partial charge in [0.2, 0.25) is 0 Å². The number of methoxy groups -OCH3 is 1. The quantitative estimate of drug-likeness (QED) is 0.587. The van der Waals surface area contributed by atoms with Gasteiger partial charge in [0.25, 0.3) is 0 Å². The summed E-state index contributed by atoms with van der Waals surface area (Å²) >= 11 is 0. The van der Waals surface area contributed by atoms with Crippen molar-refractivity contribution in [2.45, 2.75) is 57.7 Å². The lowest BCUT2D eigenvalue weighted by atomic mass is 9.81. The maximum atomic E-state index is 11.7. The molecule has 112 valence electrons. The van der Waals surface area contributed by atoms with Gasteiger partial charge in [0.05, 0.1) is 13.2 Å². The van der Waals surface area contributed by atoms with Crippen LogP contribution in [-0.4, -0.2) is 50.1 Å². The third-order valence-electron chi connectivity index (χ3n) is 3.10. The highest BCUT2D eigenvalue weighted by Crippen LogP contribution is 2.30. The van der Waals surface area contributed by atoms with Gasteiger partial charge in [-0.25, -0.2) is 4.79 Å². The van der Waals surface area contributed by atoms with Crippen LogP contribution >= 0.6 is 0 Å². The molecule has 0 aliphatic carbocycles. The number of rotatable bonds is 6. The Morgan fingerprint density at radius 1 is 1.16 bits per heavy atom. The highest BCUT2D eigenvalue weighted by Gasteiger charge is 2.39. The molecule has 0 amide bonds. The first-order valence-electron chi connectivity index (χ1n) is 6.80. The molecule has 1 saturated heterocycles. The van der Waals surface area contributed by atoms with Gasteiger partial charge in [-0.05, 0) is 27.7 Å². The van der Waals surface area contributed by atoms with E-state index < -0.39 is 0 Å². The van der Waals surface area contributed by atoms with E-state index in [4.69, 9.17) is 14.2 Å². The molecule has 1 aliphatic heterocycles.